The van der Waals surface area contributed by atoms with Crippen LogP contribution < -0.4 is 4.74 Å². The fourth-order valence-corrected chi connectivity index (χ4v) is 7.41. The summed E-state index contributed by atoms with van der Waals surface area (Å²) in [6.45, 7) is 15.5. The van der Waals surface area contributed by atoms with Gasteiger partial charge in [0.2, 0.25) is 0 Å². The van der Waals surface area contributed by atoms with Gasteiger partial charge in [-0.3, -0.25) is 4.68 Å². The Morgan fingerprint density at radius 3 is 2.42 bits per heavy atom. The minimum atomic E-state index is 0. The standard InChI is InChI=1S/C39H38N4O.Pt/c1-23-14-15-40-37(20-23)42-35-11-9-8-10-33(35)34-13-12-31(22-36(34)42)44-32-19-25(3)18-30(21-32)43-29(7)39(28(6)41-43)38-26(4)16-24(2)17-27(38)5;/h8-16,18-20,24,27,38H,17H2,1-7H3;/q-2;+2/t24-,27-,38?;/m0./s1. The first-order valence-corrected chi connectivity index (χ1v) is 15.5. The number of ether oxygens (including phenoxy) is 1. The molecule has 0 saturated heterocycles. The molecular weight excluding hydrogens is 736 g/mol. The second-order valence-corrected chi connectivity index (χ2v) is 12.7. The Balaban J connectivity index is 0.00000357. The SMILES string of the molecule is CC1=C[C@H](C)C[C@H](C)C1c1c(C)nn(-c2[c-]c(Oc3[c-]c4c(cc3)c3ccccc3n4-c3cc(C)ccn3)cc(C)c2)c1C.[Pt+2]. The van der Waals surface area contributed by atoms with E-state index in [4.69, 9.17) is 14.8 Å². The molecule has 0 radical (unpaired) electrons. The van der Waals surface area contributed by atoms with Gasteiger partial charge in [-0.15, -0.1) is 35.7 Å². The van der Waals surface area contributed by atoms with E-state index >= 15 is 0 Å². The van der Waals surface area contributed by atoms with E-state index in [-0.39, 0.29) is 21.1 Å². The minimum Gasteiger partial charge on any atom is -0.509 e. The van der Waals surface area contributed by atoms with Crippen molar-refractivity contribution >= 4 is 21.8 Å². The minimum absolute atomic E-state index is 0. The number of rotatable bonds is 5. The van der Waals surface area contributed by atoms with Crippen LogP contribution in [0.1, 0.15) is 61.2 Å². The summed E-state index contributed by atoms with van der Waals surface area (Å²) in [6, 6.07) is 27.8. The number of pyridine rings is 1. The van der Waals surface area contributed by atoms with Crippen LogP contribution in [-0.2, 0) is 21.1 Å². The van der Waals surface area contributed by atoms with Crippen LogP contribution in [0.2, 0.25) is 0 Å². The third-order valence-corrected chi connectivity index (χ3v) is 9.12. The van der Waals surface area contributed by atoms with Gasteiger partial charge < -0.3 is 9.30 Å². The van der Waals surface area contributed by atoms with Gasteiger partial charge in [0.1, 0.15) is 5.82 Å². The Hall–Kier alpha value is -3.95. The Morgan fingerprint density at radius 2 is 1.64 bits per heavy atom. The van der Waals surface area contributed by atoms with Crippen LogP contribution in [0, 0.1) is 51.7 Å². The van der Waals surface area contributed by atoms with Crippen LogP contribution in [-0.4, -0.2) is 19.3 Å². The predicted molar refractivity (Wildman–Crippen MR) is 178 cm³/mol. The van der Waals surface area contributed by atoms with E-state index < -0.39 is 0 Å². The third-order valence-electron chi connectivity index (χ3n) is 9.12. The fraction of sp³-hybridized carbons (Fsp3) is 0.282. The molecule has 230 valence electrons. The molecule has 6 aromatic rings. The average Bonchev–Trinajstić information content (AvgIpc) is 3.45. The van der Waals surface area contributed by atoms with Gasteiger partial charge in [0, 0.05) is 40.4 Å². The molecule has 3 atom stereocenters. The summed E-state index contributed by atoms with van der Waals surface area (Å²) in [5.41, 5.74) is 10.2. The summed E-state index contributed by atoms with van der Waals surface area (Å²) in [5, 5.41) is 7.30. The van der Waals surface area contributed by atoms with Crippen LogP contribution in [0.5, 0.6) is 11.5 Å². The van der Waals surface area contributed by atoms with E-state index in [0.717, 1.165) is 55.8 Å². The monoisotopic (exact) mass is 773 g/mol. The molecule has 0 amide bonds. The molecule has 1 aliphatic rings. The zero-order valence-corrected chi connectivity index (χ0v) is 29.2. The van der Waals surface area contributed by atoms with Gasteiger partial charge in [-0.1, -0.05) is 56.1 Å². The molecule has 0 N–H and O–H groups in total. The number of aromatic nitrogens is 4. The van der Waals surface area contributed by atoms with Gasteiger partial charge in [0.25, 0.3) is 0 Å². The van der Waals surface area contributed by atoms with Crippen molar-refractivity contribution in [3.8, 4) is 23.0 Å². The molecule has 6 heteroatoms. The van der Waals surface area contributed by atoms with Gasteiger partial charge in [-0.05, 0) is 80.8 Å². The second-order valence-electron chi connectivity index (χ2n) is 12.7. The van der Waals surface area contributed by atoms with Crippen molar-refractivity contribution in [1.82, 2.24) is 19.3 Å². The first kappa shape index (κ1) is 31.0. The molecule has 0 spiro atoms. The van der Waals surface area contributed by atoms with Gasteiger partial charge in [-0.2, -0.15) is 16.7 Å². The maximum Gasteiger partial charge on any atom is 2.00 e. The van der Waals surface area contributed by atoms with E-state index in [9.17, 15) is 0 Å². The first-order valence-electron chi connectivity index (χ1n) is 15.5. The number of nitrogens with zero attached hydrogens (tertiary/aromatic N) is 4. The Bertz CT molecular complexity index is 2080. The Morgan fingerprint density at radius 1 is 0.844 bits per heavy atom. The van der Waals surface area contributed by atoms with Crippen molar-refractivity contribution in [1.29, 1.82) is 0 Å². The van der Waals surface area contributed by atoms with Gasteiger partial charge >= 0.3 is 21.1 Å². The second kappa shape index (κ2) is 12.1. The number of hydrogen-bond acceptors (Lipinski definition) is 3. The number of allylic oxidation sites excluding steroid dienone is 2. The van der Waals surface area contributed by atoms with Gasteiger partial charge in [0.15, 0.2) is 0 Å². The predicted octanol–water partition coefficient (Wildman–Crippen LogP) is 9.69. The molecule has 5 nitrogen and oxygen atoms in total. The number of benzene rings is 3. The molecule has 3 aromatic carbocycles. The molecule has 0 aliphatic heterocycles. The topological polar surface area (TPSA) is 44.9 Å². The molecule has 3 aromatic heterocycles. The number of para-hydroxylation sites is 1. The molecule has 0 fully saturated rings. The molecule has 45 heavy (non-hydrogen) atoms. The van der Waals surface area contributed by atoms with Gasteiger partial charge in [-0.25, -0.2) is 4.98 Å². The smallest absolute Gasteiger partial charge is 0.509 e. The van der Waals surface area contributed by atoms with E-state index in [2.05, 4.69) is 114 Å². The molecule has 1 aliphatic carbocycles. The van der Waals surface area contributed by atoms with Gasteiger partial charge in [0.05, 0.1) is 5.69 Å². The molecular formula is C39H38N4OPt. The van der Waals surface area contributed by atoms with E-state index in [1.165, 1.54) is 17.6 Å². The summed E-state index contributed by atoms with van der Waals surface area (Å²) < 4.78 is 10.7. The number of hydrogen-bond donors (Lipinski definition) is 0. The fourth-order valence-electron chi connectivity index (χ4n) is 7.41. The quantitative estimate of drug-likeness (QED) is 0.130. The Kier molecular flexibility index (Phi) is 8.35. The van der Waals surface area contributed by atoms with Crippen molar-refractivity contribution in [2.24, 2.45) is 11.8 Å². The van der Waals surface area contributed by atoms with Crippen molar-refractivity contribution in [2.45, 2.75) is 60.8 Å². The maximum absolute atomic E-state index is 6.48. The van der Waals surface area contributed by atoms with Crippen LogP contribution >= 0.6 is 0 Å². The number of fused-ring (bicyclic) bond motifs is 3. The summed E-state index contributed by atoms with van der Waals surface area (Å²) in [6.07, 6.45) is 5.49. The van der Waals surface area contributed by atoms with E-state index in [0.29, 0.717) is 29.3 Å². The van der Waals surface area contributed by atoms with E-state index in [1.54, 1.807) is 0 Å². The summed E-state index contributed by atoms with van der Waals surface area (Å²) in [5.74, 6) is 3.70. The van der Waals surface area contributed by atoms with Crippen LogP contribution in [0.25, 0.3) is 33.3 Å². The van der Waals surface area contributed by atoms with Crippen molar-refractivity contribution < 1.29 is 25.8 Å². The first-order chi connectivity index (χ1) is 21.2. The van der Waals surface area contributed by atoms with Crippen LogP contribution in [0.15, 0.2) is 78.5 Å². The summed E-state index contributed by atoms with van der Waals surface area (Å²) in [7, 11) is 0. The van der Waals surface area contributed by atoms with Crippen LogP contribution in [0.4, 0.5) is 0 Å². The maximum atomic E-state index is 6.48. The van der Waals surface area contributed by atoms with Crippen molar-refractivity contribution in [3.05, 3.63) is 119 Å². The van der Waals surface area contributed by atoms with Crippen molar-refractivity contribution in [2.75, 3.05) is 0 Å². The zero-order valence-electron chi connectivity index (χ0n) is 26.9. The molecule has 3 heterocycles. The third kappa shape index (κ3) is 5.57. The van der Waals surface area contributed by atoms with E-state index in [1.807, 2.05) is 29.1 Å². The Labute approximate surface area is 280 Å². The normalized spacial score (nSPS) is 18.2. The molecule has 0 saturated carbocycles. The van der Waals surface area contributed by atoms with Crippen molar-refractivity contribution in [3.63, 3.8) is 0 Å². The molecule has 1 unspecified atom stereocenters. The zero-order chi connectivity index (χ0) is 30.7. The molecule has 7 rings (SSSR count). The summed E-state index contributed by atoms with van der Waals surface area (Å²) in [4.78, 5) is 4.70. The average molecular weight is 774 g/mol. The largest absolute Gasteiger partial charge is 2.00 e. The van der Waals surface area contributed by atoms with Crippen LogP contribution in [0.3, 0.4) is 0 Å². The summed E-state index contributed by atoms with van der Waals surface area (Å²) >= 11 is 0. The molecule has 0 bridgehead atoms. The number of aryl methyl sites for hydroxylation is 3.